The minimum Gasteiger partial charge on any atom is -0.494 e. The highest BCUT2D eigenvalue weighted by Gasteiger charge is 2.76. The van der Waals surface area contributed by atoms with Gasteiger partial charge in [-0.1, -0.05) is 37.3 Å². The van der Waals surface area contributed by atoms with Crippen LogP contribution >= 0.6 is 11.8 Å². The number of fused-ring (bicyclic) bond motifs is 1. The maximum atomic E-state index is 14.6. The summed E-state index contributed by atoms with van der Waals surface area (Å²) in [4.78, 5) is 46.8. The van der Waals surface area contributed by atoms with Crippen molar-refractivity contribution in [3.05, 3.63) is 60.2 Å². The number of nitrogens with zero attached hydrogens (tertiary/aromatic N) is 2. The predicted molar refractivity (Wildman–Crippen MR) is 173 cm³/mol. The van der Waals surface area contributed by atoms with E-state index in [2.05, 4.69) is 22.5 Å². The van der Waals surface area contributed by atoms with Crippen molar-refractivity contribution in [3.8, 4) is 5.75 Å². The van der Waals surface area contributed by atoms with Gasteiger partial charge in [-0.2, -0.15) is 0 Å². The molecular formula is C34H44N4O6S. The molecule has 3 amide bonds. The average molecular weight is 637 g/mol. The van der Waals surface area contributed by atoms with Crippen LogP contribution in [0.3, 0.4) is 0 Å². The van der Waals surface area contributed by atoms with E-state index in [1.54, 1.807) is 28.8 Å². The SMILES string of the molecule is CCOc1ccc(NC(=O)[C@@H]2[C@@H]3CC(C)C4(S3)C(C(=O)NCCN3CCOCC3)N([C@@H](CO)Cc3ccccc3)C(=O)[C@H]24)cc1. The Morgan fingerprint density at radius 3 is 2.53 bits per heavy atom. The number of rotatable bonds is 12. The van der Waals surface area contributed by atoms with E-state index >= 15 is 0 Å². The maximum Gasteiger partial charge on any atom is 0.244 e. The molecule has 0 radical (unpaired) electrons. The number of carbonyl (C=O) groups excluding carboxylic acids is 3. The summed E-state index contributed by atoms with van der Waals surface area (Å²) in [5, 5.41) is 16.8. The Labute approximate surface area is 269 Å². The molecule has 11 heteroatoms. The van der Waals surface area contributed by atoms with Crippen LogP contribution in [0.5, 0.6) is 5.75 Å². The van der Waals surface area contributed by atoms with Crippen LogP contribution in [-0.2, 0) is 25.5 Å². The van der Waals surface area contributed by atoms with E-state index in [-0.39, 0.29) is 35.5 Å². The molecule has 4 aliphatic heterocycles. The number of morpholine rings is 1. The van der Waals surface area contributed by atoms with Crippen molar-refractivity contribution >= 4 is 35.2 Å². The minimum absolute atomic E-state index is 0.0343. The lowest BCUT2D eigenvalue weighted by molar-refractivity contribution is -0.142. The third-order valence-electron chi connectivity index (χ3n) is 9.92. The number of anilines is 1. The molecule has 0 aliphatic carbocycles. The number of thioether (sulfide) groups is 1. The summed E-state index contributed by atoms with van der Waals surface area (Å²) >= 11 is 1.64. The van der Waals surface area contributed by atoms with Gasteiger partial charge in [-0.05, 0) is 55.5 Å². The van der Waals surface area contributed by atoms with Crippen LogP contribution in [-0.4, -0.2) is 107 Å². The Kier molecular flexibility index (Phi) is 9.70. The van der Waals surface area contributed by atoms with E-state index in [1.807, 2.05) is 49.4 Å². The number of benzene rings is 2. The first kappa shape index (κ1) is 31.8. The smallest absolute Gasteiger partial charge is 0.244 e. The molecule has 0 saturated carbocycles. The molecule has 4 heterocycles. The van der Waals surface area contributed by atoms with Crippen molar-refractivity contribution in [3.63, 3.8) is 0 Å². The number of ether oxygens (including phenoxy) is 2. The highest BCUT2D eigenvalue weighted by molar-refractivity contribution is 8.02. The first-order chi connectivity index (χ1) is 21.9. The van der Waals surface area contributed by atoms with E-state index in [1.165, 1.54) is 0 Å². The van der Waals surface area contributed by atoms with Gasteiger partial charge in [-0.15, -0.1) is 11.8 Å². The zero-order valence-electron chi connectivity index (χ0n) is 26.0. The zero-order chi connectivity index (χ0) is 31.6. The quantitative estimate of drug-likeness (QED) is 0.325. The predicted octanol–water partition coefficient (Wildman–Crippen LogP) is 2.41. The van der Waals surface area contributed by atoms with Crippen LogP contribution in [0.15, 0.2) is 54.6 Å². The first-order valence-electron chi connectivity index (χ1n) is 16.1. The number of nitrogens with one attached hydrogen (secondary N) is 2. The third-order valence-corrected chi connectivity index (χ3v) is 12.0. The lowest BCUT2D eigenvalue weighted by Gasteiger charge is -2.40. The second-order valence-electron chi connectivity index (χ2n) is 12.5. The standard InChI is InChI=1S/C34H44N4O6S/c1-3-44-26-11-9-24(10-12-26)36-31(40)28-27-19-22(2)34(45-27)29(28)33(42)38(25(21-39)20-23-7-5-4-6-8-23)30(34)32(41)35-13-14-37-15-17-43-18-16-37/h4-12,22,25,27-30,39H,3,13-21H2,1-2H3,(H,35,41)(H,36,40)/t22?,25-,27+,28-,29+,30?,34?/m1/s1. The molecule has 0 aromatic heterocycles. The fourth-order valence-electron chi connectivity index (χ4n) is 7.87. The molecule has 45 heavy (non-hydrogen) atoms. The summed E-state index contributed by atoms with van der Waals surface area (Å²) in [5.41, 5.74) is 1.61. The van der Waals surface area contributed by atoms with Gasteiger partial charge in [0.25, 0.3) is 0 Å². The molecule has 2 aromatic carbocycles. The fourth-order valence-corrected chi connectivity index (χ4v) is 10.3. The minimum atomic E-state index is -0.797. The summed E-state index contributed by atoms with van der Waals surface area (Å²) in [6.45, 7) is 8.42. The van der Waals surface area contributed by atoms with Gasteiger partial charge in [0.05, 0.1) is 49.1 Å². The Bertz CT molecular complexity index is 1360. The average Bonchev–Trinajstić information content (AvgIpc) is 3.65. The Morgan fingerprint density at radius 2 is 1.84 bits per heavy atom. The number of hydrogen-bond acceptors (Lipinski definition) is 8. The van der Waals surface area contributed by atoms with Gasteiger partial charge in [0, 0.05) is 37.1 Å². The van der Waals surface area contributed by atoms with Gasteiger partial charge in [0.15, 0.2) is 0 Å². The molecule has 4 fully saturated rings. The van der Waals surface area contributed by atoms with Crippen molar-refractivity contribution in [2.24, 2.45) is 17.8 Å². The molecule has 2 aromatic rings. The van der Waals surface area contributed by atoms with E-state index in [0.717, 1.165) is 30.8 Å². The van der Waals surface area contributed by atoms with E-state index in [9.17, 15) is 19.5 Å². The molecular weight excluding hydrogens is 592 g/mol. The molecule has 6 rings (SSSR count). The topological polar surface area (TPSA) is 120 Å². The number of likely N-dealkylation sites (tertiary alicyclic amines) is 1. The lowest BCUT2D eigenvalue weighted by Crippen LogP contribution is -2.59. The van der Waals surface area contributed by atoms with Gasteiger partial charge in [-0.25, -0.2) is 0 Å². The number of amides is 3. The Morgan fingerprint density at radius 1 is 1.11 bits per heavy atom. The Balaban J connectivity index is 1.28. The highest BCUT2D eigenvalue weighted by Crippen LogP contribution is 2.68. The number of aliphatic hydroxyl groups excluding tert-OH is 1. The molecule has 242 valence electrons. The van der Waals surface area contributed by atoms with Crippen LogP contribution in [0.1, 0.15) is 25.8 Å². The number of carbonyl (C=O) groups is 3. The Hall–Kier alpha value is -3.12. The van der Waals surface area contributed by atoms with Crippen LogP contribution < -0.4 is 15.4 Å². The number of hydrogen-bond donors (Lipinski definition) is 3. The van der Waals surface area contributed by atoms with E-state index in [4.69, 9.17) is 9.47 Å². The van der Waals surface area contributed by atoms with Crippen molar-refractivity contribution in [2.75, 3.05) is 57.9 Å². The third kappa shape index (κ3) is 6.07. The van der Waals surface area contributed by atoms with Gasteiger partial charge < -0.3 is 30.1 Å². The number of aliphatic hydroxyl groups is 1. The molecule has 4 aliphatic rings. The monoisotopic (exact) mass is 636 g/mol. The van der Waals surface area contributed by atoms with Gasteiger partial charge in [0.2, 0.25) is 17.7 Å². The van der Waals surface area contributed by atoms with Crippen molar-refractivity contribution < 1.29 is 29.0 Å². The van der Waals surface area contributed by atoms with Crippen LogP contribution in [0.4, 0.5) is 5.69 Å². The highest BCUT2D eigenvalue weighted by atomic mass is 32.2. The van der Waals surface area contributed by atoms with Gasteiger partial charge in [-0.3, -0.25) is 19.3 Å². The largest absolute Gasteiger partial charge is 0.494 e. The summed E-state index contributed by atoms with van der Waals surface area (Å²) in [5.74, 6) is -1.14. The molecule has 1 spiro atoms. The second-order valence-corrected chi connectivity index (χ2v) is 14.1. The van der Waals surface area contributed by atoms with Crippen LogP contribution in [0.2, 0.25) is 0 Å². The molecule has 7 atom stereocenters. The van der Waals surface area contributed by atoms with Crippen LogP contribution in [0.25, 0.3) is 0 Å². The van der Waals surface area contributed by atoms with Gasteiger partial charge in [0.1, 0.15) is 11.8 Å². The fraction of sp³-hybridized carbons (Fsp3) is 0.559. The molecule has 3 N–H and O–H groups in total. The summed E-state index contributed by atoms with van der Waals surface area (Å²) in [6.07, 6.45) is 1.15. The molecule has 4 saturated heterocycles. The normalized spacial score (nSPS) is 29.8. The zero-order valence-corrected chi connectivity index (χ0v) is 26.8. The molecule has 2 bridgehead atoms. The van der Waals surface area contributed by atoms with Gasteiger partial charge >= 0.3 is 0 Å². The van der Waals surface area contributed by atoms with Crippen LogP contribution in [0, 0.1) is 17.8 Å². The van der Waals surface area contributed by atoms with E-state index in [0.29, 0.717) is 45.0 Å². The van der Waals surface area contributed by atoms with E-state index < -0.39 is 28.7 Å². The molecule has 3 unspecified atom stereocenters. The van der Waals surface area contributed by atoms with Crippen molar-refractivity contribution in [1.82, 2.24) is 15.1 Å². The lowest BCUT2D eigenvalue weighted by atomic mass is 9.66. The first-order valence-corrected chi connectivity index (χ1v) is 17.0. The second kappa shape index (κ2) is 13.7. The maximum absolute atomic E-state index is 14.6. The summed E-state index contributed by atoms with van der Waals surface area (Å²) < 4.78 is 10.2. The summed E-state index contributed by atoms with van der Waals surface area (Å²) in [6, 6.07) is 15.6. The van der Waals surface area contributed by atoms with Crippen molar-refractivity contribution in [2.45, 2.75) is 48.8 Å². The van der Waals surface area contributed by atoms with Crippen molar-refractivity contribution in [1.29, 1.82) is 0 Å². The summed E-state index contributed by atoms with van der Waals surface area (Å²) in [7, 11) is 0. The molecule has 10 nitrogen and oxygen atoms in total.